The largest absolute Gasteiger partial charge is 0.382 e. The number of aryl methyl sites for hydroxylation is 1. The molecule has 0 spiro atoms. The zero-order valence-electron chi connectivity index (χ0n) is 12.3. The van der Waals surface area contributed by atoms with Gasteiger partial charge in [0.15, 0.2) is 0 Å². The van der Waals surface area contributed by atoms with Crippen LogP contribution in [0, 0.1) is 6.92 Å². The van der Waals surface area contributed by atoms with Crippen LogP contribution in [0.25, 0.3) is 10.6 Å². The number of nitrogens with one attached hydrogen (secondary N) is 1. The second kappa shape index (κ2) is 6.51. The van der Waals surface area contributed by atoms with Crippen LogP contribution in [0.15, 0.2) is 5.38 Å². The van der Waals surface area contributed by atoms with Crippen LogP contribution >= 0.6 is 22.9 Å². The van der Waals surface area contributed by atoms with E-state index in [0.29, 0.717) is 11.9 Å². The lowest BCUT2D eigenvalue weighted by molar-refractivity contribution is 0.284. The van der Waals surface area contributed by atoms with Gasteiger partial charge in [-0.25, -0.2) is 4.98 Å². The molecule has 20 heavy (non-hydrogen) atoms. The fourth-order valence-corrected chi connectivity index (χ4v) is 3.36. The van der Waals surface area contributed by atoms with Gasteiger partial charge in [-0.1, -0.05) is 0 Å². The number of aromatic nitrogens is 2. The highest BCUT2D eigenvalue weighted by molar-refractivity contribution is 7.15. The number of hydrogen-bond donors (Lipinski definition) is 2. The Hall–Kier alpha value is -1.18. The Bertz CT molecular complexity index is 561. The third-order valence-electron chi connectivity index (χ3n) is 3.18. The maximum atomic E-state index is 5.98. The monoisotopic (exact) mass is 311 g/mol. The van der Waals surface area contributed by atoms with Crippen molar-refractivity contribution in [3.63, 3.8) is 0 Å². The summed E-state index contributed by atoms with van der Waals surface area (Å²) in [6.07, 6.45) is 0. The molecule has 0 unspecified atom stereocenters. The molecule has 0 aromatic carbocycles. The summed E-state index contributed by atoms with van der Waals surface area (Å²) in [6.45, 7) is 8.21. The van der Waals surface area contributed by atoms with Gasteiger partial charge < -0.3 is 16.0 Å². The molecule has 7 heteroatoms. The fraction of sp³-hybridized carbons (Fsp3) is 0.538. The minimum Gasteiger partial charge on any atom is -0.382 e. The van der Waals surface area contributed by atoms with Gasteiger partial charge in [-0.05, 0) is 39.4 Å². The molecular weight excluding hydrogens is 290 g/mol. The van der Waals surface area contributed by atoms with E-state index in [4.69, 9.17) is 5.73 Å². The third kappa shape index (κ3) is 3.47. The molecule has 0 aliphatic carbocycles. The van der Waals surface area contributed by atoms with Gasteiger partial charge in [0.2, 0.25) is 0 Å². The van der Waals surface area contributed by atoms with Crippen molar-refractivity contribution >= 4 is 33.7 Å². The minimum atomic E-state index is 0.546. The minimum absolute atomic E-state index is 0.546. The predicted molar refractivity (Wildman–Crippen MR) is 88.6 cm³/mol. The lowest BCUT2D eigenvalue weighted by Crippen LogP contribution is -2.31. The van der Waals surface area contributed by atoms with Crippen molar-refractivity contribution in [3.8, 4) is 10.6 Å². The van der Waals surface area contributed by atoms with Gasteiger partial charge in [0.1, 0.15) is 15.8 Å². The number of thiazole rings is 1. The molecule has 2 aromatic rings. The standard InChI is InChI=1S/C13H21N5S2/c1-8(2)18(4)6-5-15-12-10(11(14)17-20-12)13-16-9(3)7-19-13/h7-8,15H,5-6H2,1-4H3,(H2,14,17). The van der Waals surface area contributed by atoms with Gasteiger partial charge in [-0.3, -0.25) is 0 Å². The maximum Gasteiger partial charge on any atom is 0.149 e. The topological polar surface area (TPSA) is 67.1 Å². The van der Waals surface area contributed by atoms with E-state index in [2.05, 4.69) is 40.5 Å². The molecule has 0 amide bonds. The van der Waals surface area contributed by atoms with Crippen LogP contribution in [0.1, 0.15) is 19.5 Å². The summed E-state index contributed by atoms with van der Waals surface area (Å²) < 4.78 is 4.25. The van der Waals surface area contributed by atoms with Crippen molar-refractivity contribution in [2.75, 3.05) is 31.2 Å². The molecule has 0 aliphatic rings. The zero-order valence-corrected chi connectivity index (χ0v) is 13.9. The summed E-state index contributed by atoms with van der Waals surface area (Å²) in [6, 6.07) is 0.546. The van der Waals surface area contributed by atoms with Gasteiger partial charge >= 0.3 is 0 Å². The van der Waals surface area contributed by atoms with Crippen molar-refractivity contribution < 1.29 is 0 Å². The highest BCUT2D eigenvalue weighted by Gasteiger charge is 2.16. The highest BCUT2D eigenvalue weighted by atomic mass is 32.1. The first-order chi connectivity index (χ1) is 9.49. The van der Waals surface area contributed by atoms with Crippen LogP contribution in [0.4, 0.5) is 10.8 Å². The van der Waals surface area contributed by atoms with E-state index in [-0.39, 0.29) is 0 Å². The molecule has 3 N–H and O–H groups in total. The van der Waals surface area contributed by atoms with Crippen molar-refractivity contribution in [3.05, 3.63) is 11.1 Å². The molecule has 110 valence electrons. The SMILES string of the molecule is Cc1csc(-c2c(N)nsc2NCCN(C)C(C)C)n1. The number of rotatable bonds is 6. The molecule has 0 atom stereocenters. The Labute approximate surface area is 128 Å². The quantitative estimate of drug-likeness (QED) is 0.858. The van der Waals surface area contributed by atoms with E-state index >= 15 is 0 Å². The van der Waals surface area contributed by atoms with Gasteiger partial charge in [-0.15, -0.1) is 11.3 Å². The van der Waals surface area contributed by atoms with Crippen LogP contribution in [0.2, 0.25) is 0 Å². The first-order valence-corrected chi connectivity index (χ1v) is 8.26. The number of nitrogens with zero attached hydrogens (tertiary/aromatic N) is 3. The van der Waals surface area contributed by atoms with Crippen LogP contribution in [-0.4, -0.2) is 40.4 Å². The summed E-state index contributed by atoms with van der Waals surface area (Å²) in [4.78, 5) is 6.80. The normalized spacial score (nSPS) is 11.5. The number of likely N-dealkylation sites (N-methyl/N-ethyl adjacent to an activating group) is 1. The number of nitrogen functional groups attached to an aromatic ring is 1. The first-order valence-electron chi connectivity index (χ1n) is 6.60. The van der Waals surface area contributed by atoms with Crippen LogP contribution in [-0.2, 0) is 0 Å². The fourth-order valence-electron chi connectivity index (χ4n) is 1.70. The van der Waals surface area contributed by atoms with Gasteiger partial charge in [0.25, 0.3) is 0 Å². The Balaban J connectivity index is 2.06. The molecule has 2 heterocycles. The van der Waals surface area contributed by atoms with Gasteiger partial charge in [0.05, 0.1) is 5.56 Å². The van der Waals surface area contributed by atoms with Crippen molar-refractivity contribution in [2.45, 2.75) is 26.8 Å². The highest BCUT2D eigenvalue weighted by Crippen LogP contribution is 2.38. The second-order valence-corrected chi connectivity index (χ2v) is 6.70. The molecule has 0 fully saturated rings. The van der Waals surface area contributed by atoms with Crippen molar-refractivity contribution in [1.82, 2.24) is 14.3 Å². The molecular formula is C13H21N5S2. The van der Waals surface area contributed by atoms with E-state index in [1.54, 1.807) is 11.3 Å². The molecule has 0 saturated heterocycles. The molecule has 0 radical (unpaired) electrons. The zero-order chi connectivity index (χ0) is 14.7. The summed E-state index contributed by atoms with van der Waals surface area (Å²) in [5, 5.41) is 7.41. The summed E-state index contributed by atoms with van der Waals surface area (Å²) in [5.74, 6) is 0.559. The smallest absolute Gasteiger partial charge is 0.149 e. The van der Waals surface area contributed by atoms with E-state index in [0.717, 1.165) is 34.4 Å². The Kier molecular flexibility index (Phi) is 4.95. The van der Waals surface area contributed by atoms with Gasteiger partial charge in [-0.2, -0.15) is 4.37 Å². The average molecular weight is 311 g/mol. The average Bonchev–Trinajstić information content (AvgIpc) is 2.95. The summed E-state index contributed by atoms with van der Waals surface area (Å²) in [7, 11) is 2.12. The Morgan fingerprint density at radius 2 is 2.20 bits per heavy atom. The van der Waals surface area contributed by atoms with Crippen molar-refractivity contribution in [1.29, 1.82) is 0 Å². The number of hydrogen-bond acceptors (Lipinski definition) is 7. The first kappa shape index (κ1) is 15.2. The molecule has 5 nitrogen and oxygen atoms in total. The summed E-state index contributed by atoms with van der Waals surface area (Å²) in [5.41, 5.74) is 7.94. The van der Waals surface area contributed by atoms with E-state index in [1.807, 2.05) is 12.3 Å². The van der Waals surface area contributed by atoms with E-state index in [9.17, 15) is 0 Å². The third-order valence-corrected chi connectivity index (χ3v) is 4.98. The number of anilines is 2. The van der Waals surface area contributed by atoms with Gasteiger partial charge in [0, 0.05) is 30.2 Å². The van der Waals surface area contributed by atoms with E-state index < -0.39 is 0 Å². The van der Waals surface area contributed by atoms with Crippen LogP contribution in [0.5, 0.6) is 0 Å². The maximum absolute atomic E-state index is 5.98. The van der Waals surface area contributed by atoms with Crippen molar-refractivity contribution in [2.24, 2.45) is 0 Å². The predicted octanol–water partition coefficient (Wildman–Crippen LogP) is 2.91. The Morgan fingerprint density at radius 1 is 1.45 bits per heavy atom. The van der Waals surface area contributed by atoms with Crippen LogP contribution in [0.3, 0.4) is 0 Å². The molecule has 2 aromatic heterocycles. The summed E-state index contributed by atoms with van der Waals surface area (Å²) >= 11 is 3.01. The molecule has 0 aliphatic heterocycles. The Morgan fingerprint density at radius 3 is 2.80 bits per heavy atom. The number of nitrogens with two attached hydrogens (primary N) is 1. The molecule has 2 rings (SSSR count). The second-order valence-electron chi connectivity index (χ2n) is 5.07. The molecule has 0 bridgehead atoms. The van der Waals surface area contributed by atoms with Crippen LogP contribution < -0.4 is 11.1 Å². The van der Waals surface area contributed by atoms with E-state index in [1.165, 1.54) is 11.5 Å². The lowest BCUT2D eigenvalue weighted by Gasteiger charge is -2.21. The molecule has 0 saturated carbocycles. The lowest BCUT2D eigenvalue weighted by atomic mass is 10.3.